The van der Waals surface area contributed by atoms with E-state index < -0.39 is 11.9 Å². The smallest absolute Gasteiger partial charge is 0.343 e. The van der Waals surface area contributed by atoms with Crippen LogP contribution in [0.25, 0.3) is 0 Å². The Morgan fingerprint density at radius 2 is 1.43 bits per heavy atom. The predicted octanol–water partition coefficient (Wildman–Crippen LogP) is 6.91. The molecule has 1 unspecified atom stereocenters. The summed E-state index contributed by atoms with van der Waals surface area (Å²) in [5.41, 5.74) is 2.09. The lowest BCUT2D eigenvalue weighted by atomic mass is 9.96. The summed E-state index contributed by atoms with van der Waals surface area (Å²) >= 11 is 0. The van der Waals surface area contributed by atoms with Gasteiger partial charge in [-0.05, 0) is 79.4 Å². The van der Waals surface area contributed by atoms with E-state index >= 15 is 0 Å². The van der Waals surface area contributed by atoms with Crippen LogP contribution in [-0.4, -0.2) is 23.7 Å². The van der Waals surface area contributed by atoms with Crippen LogP contribution < -0.4 is 14.2 Å². The first kappa shape index (κ1) is 27.9. The third-order valence-electron chi connectivity index (χ3n) is 6.34. The van der Waals surface area contributed by atoms with E-state index in [1.165, 1.54) is 43.5 Å². The highest BCUT2D eigenvalue weighted by atomic mass is 16.5. The molecular weight excluding hydrogens is 468 g/mol. The number of hydrogen-bond donors (Lipinski definition) is 1. The second kappa shape index (κ2) is 14.2. The average molecular weight is 505 g/mol. The van der Waals surface area contributed by atoms with Gasteiger partial charge >= 0.3 is 11.9 Å². The first-order valence-corrected chi connectivity index (χ1v) is 12.9. The van der Waals surface area contributed by atoms with Crippen molar-refractivity contribution >= 4 is 11.9 Å². The zero-order chi connectivity index (χ0) is 26.6. The molecule has 0 amide bonds. The van der Waals surface area contributed by atoms with Crippen molar-refractivity contribution in [3.05, 3.63) is 89.0 Å². The number of ether oxygens (including phenoxy) is 3. The van der Waals surface area contributed by atoms with Crippen molar-refractivity contribution in [1.82, 2.24) is 0 Å². The molecule has 1 atom stereocenters. The molecule has 6 heteroatoms. The largest absolute Gasteiger partial charge is 0.494 e. The van der Waals surface area contributed by atoms with Crippen LogP contribution >= 0.6 is 0 Å². The molecule has 196 valence electrons. The first-order chi connectivity index (χ1) is 17.9. The number of aliphatic hydroxyl groups is 1. The lowest BCUT2D eigenvalue weighted by Gasteiger charge is -2.15. The van der Waals surface area contributed by atoms with E-state index in [-0.39, 0.29) is 17.9 Å². The van der Waals surface area contributed by atoms with Crippen LogP contribution in [0.15, 0.2) is 66.7 Å². The van der Waals surface area contributed by atoms with Gasteiger partial charge in [0.05, 0.1) is 24.3 Å². The molecule has 0 spiro atoms. The van der Waals surface area contributed by atoms with Gasteiger partial charge < -0.3 is 19.3 Å². The summed E-state index contributed by atoms with van der Waals surface area (Å²) in [5, 5.41) is 9.83. The van der Waals surface area contributed by atoms with E-state index in [2.05, 4.69) is 13.8 Å². The van der Waals surface area contributed by atoms with Gasteiger partial charge in [0.15, 0.2) is 0 Å². The third-order valence-corrected chi connectivity index (χ3v) is 6.34. The minimum atomic E-state index is -0.601. The van der Waals surface area contributed by atoms with Crippen molar-refractivity contribution in [1.29, 1.82) is 0 Å². The summed E-state index contributed by atoms with van der Waals surface area (Å²) in [6.07, 6.45) is 5.73. The quantitative estimate of drug-likeness (QED) is 0.201. The summed E-state index contributed by atoms with van der Waals surface area (Å²) in [6.45, 7) is 6.63. The molecule has 6 nitrogen and oxygen atoms in total. The zero-order valence-electron chi connectivity index (χ0n) is 21.9. The van der Waals surface area contributed by atoms with Crippen LogP contribution in [0.1, 0.15) is 77.8 Å². The first-order valence-electron chi connectivity index (χ1n) is 12.9. The maximum atomic E-state index is 12.8. The van der Waals surface area contributed by atoms with E-state index in [1.807, 2.05) is 19.1 Å². The highest BCUT2D eigenvalue weighted by Crippen LogP contribution is 2.23. The summed E-state index contributed by atoms with van der Waals surface area (Å²) in [6, 6.07) is 18.3. The fraction of sp³-hybridized carbons (Fsp3) is 0.355. The number of unbranched alkanes of at least 4 members (excludes halogenated alkanes) is 1. The number of rotatable bonds is 13. The topological polar surface area (TPSA) is 82.1 Å². The highest BCUT2D eigenvalue weighted by molar-refractivity contribution is 5.93. The highest BCUT2D eigenvalue weighted by Gasteiger charge is 2.16. The molecule has 3 rings (SSSR count). The number of aliphatic hydroxyl groups excluding tert-OH is 1. The van der Waals surface area contributed by atoms with E-state index in [0.29, 0.717) is 35.2 Å². The molecule has 0 saturated carbocycles. The lowest BCUT2D eigenvalue weighted by molar-refractivity contribution is 0.0728. The van der Waals surface area contributed by atoms with Gasteiger partial charge in [-0.1, -0.05) is 57.2 Å². The summed E-state index contributed by atoms with van der Waals surface area (Å²) in [4.78, 5) is 25.1. The summed E-state index contributed by atoms with van der Waals surface area (Å²) < 4.78 is 16.7. The predicted molar refractivity (Wildman–Crippen MR) is 143 cm³/mol. The van der Waals surface area contributed by atoms with E-state index in [9.17, 15) is 14.7 Å². The maximum absolute atomic E-state index is 12.8. The second-order valence-electron chi connectivity index (χ2n) is 9.15. The Bertz CT molecular complexity index is 1150. The van der Waals surface area contributed by atoms with Gasteiger partial charge in [-0.15, -0.1) is 0 Å². The molecule has 0 radical (unpaired) electrons. The molecular formula is C31H36O6. The molecule has 37 heavy (non-hydrogen) atoms. The Labute approximate surface area is 219 Å². The van der Waals surface area contributed by atoms with Crippen molar-refractivity contribution in [3.8, 4) is 17.2 Å². The van der Waals surface area contributed by atoms with Crippen LogP contribution in [0.2, 0.25) is 0 Å². The van der Waals surface area contributed by atoms with Crippen LogP contribution in [0.3, 0.4) is 0 Å². The lowest BCUT2D eigenvalue weighted by Crippen LogP contribution is -2.13. The molecule has 1 N–H and O–H groups in total. The molecule has 0 bridgehead atoms. The summed E-state index contributed by atoms with van der Waals surface area (Å²) in [7, 11) is 0. The van der Waals surface area contributed by atoms with Crippen molar-refractivity contribution in [3.63, 3.8) is 0 Å². The van der Waals surface area contributed by atoms with Gasteiger partial charge in [0.2, 0.25) is 0 Å². The monoisotopic (exact) mass is 504 g/mol. The fourth-order valence-electron chi connectivity index (χ4n) is 3.97. The molecule has 0 heterocycles. The van der Waals surface area contributed by atoms with Crippen molar-refractivity contribution < 1.29 is 28.9 Å². The molecule has 0 aliphatic heterocycles. The number of carbonyl (C=O) groups excluding carboxylic acids is 2. The fourth-order valence-corrected chi connectivity index (χ4v) is 3.97. The SMILES string of the molecule is CCCCC(CC)CCOc1ccc(C(=O)Oc2ccc(C(=O)Oc3ccc(C)cc3)cc2)c(CO)c1. The maximum Gasteiger partial charge on any atom is 0.343 e. The molecule has 0 saturated heterocycles. The minimum Gasteiger partial charge on any atom is -0.494 e. The van der Waals surface area contributed by atoms with Crippen LogP contribution in [0.4, 0.5) is 0 Å². The Balaban J connectivity index is 1.57. The van der Waals surface area contributed by atoms with Gasteiger partial charge in [0.1, 0.15) is 17.2 Å². The third kappa shape index (κ3) is 8.46. The molecule has 0 aromatic heterocycles. The van der Waals surface area contributed by atoms with E-state index in [4.69, 9.17) is 14.2 Å². The van der Waals surface area contributed by atoms with Gasteiger partial charge in [0, 0.05) is 0 Å². The second-order valence-corrected chi connectivity index (χ2v) is 9.15. The number of hydrogen-bond acceptors (Lipinski definition) is 6. The van der Waals surface area contributed by atoms with Crippen LogP contribution in [0, 0.1) is 12.8 Å². The van der Waals surface area contributed by atoms with Gasteiger partial charge in [0.25, 0.3) is 0 Å². The number of carbonyl (C=O) groups is 2. The Morgan fingerprint density at radius 3 is 2.05 bits per heavy atom. The van der Waals surface area contributed by atoms with Gasteiger partial charge in [-0.25, -0.2) is 9.59 Å². The normalized spacial score (nSPS) is 11.6. The standard InChI is InChI=1S/C31H36O6/c1-4-6-7-23(5-2)18-19-35-28-16-17-29(25(20-28)21-32)31(34)37-27-14-10-24(11-15-27)30(33)36-26-12-8-22(3)9-13-26/h8-17,20,23,32H,4-7,18-19,21H2,1-3H3. The van der Waals surface area contributed by atoms with Crippen molar-refractivity contribution in [2.75, 3.05) is 6.61 Å². The van der Waals surface area contributed by atoms with Crippen LogP contribution in [-0.2, 0) is 6.61 Å². The summed E-state index contributed by atoms with van der Waals surface area (Å²) in [5.74, 6) is 0.881. The minimum absolute atomic E-state index is 0.257. The van der Waals surface area contributed by atoms with Crippen molar-refractivity contribution in [2.45, 2.75) is 59.5 Å². The molecule has 3 aromatic carbocycles. The van der Waals surface area contributed by atoms with Crippen LogP contribution in [0.5, 0.6) is 17.2 Å². The van der Waals surface area contributed by atoms with E-state index in [1.54, 1.807) is 30.3 Å². The van der Waals surface area contributed by atoms with Gasteiger partial charge in [-0.2, -0.15) is 0 Å². The van der Waals surface area contributed by atoms with Crippen molar-refractivity contribution in [2.24, 2.45) is 5.92 Å². The molecule has 0 fully saturated rings. The number of aryl methyl sites for hydroxylation is 1. The number of esters is 2. The Hall–Kier alpha value is -3.64. The Morgan fingerprint density at radius 1 is 0.811 bits per heavy atom. The zero-order valence-corrected chi connectivity index (χ0v) is 21.9. The molecule has 0 aliphatic rings. The Kier molecular flexibility index (Phi) is 10.7. The molecule has 0 aliphatic carbocycles. The average Bonchev–Trinajstić information content (AvgIpc) is 2.92. The molecule has 3 aromatic rings. The van der Waals surface area contributed by atoms with E-state index in [0.717, 1.165) is 18.4 Å². The number of benzene rings is 3. The van der Waals surface area contributed by atoms with Gasteiger partial charge in [-0.3, -0.25) is 0 Å².